The molecule has 1 fully saturated rings. The van der Waals surface area contributed by atoms with Crippen LogP contribution < -0.4 is 4.90 Å². The lowest BCUT2D eigenvalue weighted by Gasteiger charge is -2.35. The number of alkyl halides is 3. The van der Waals surface area contributed by atoms with Crippen LogP contribution in [-0.4, -0.2) is 71.9 Å². The third-order valence-electron chi connectivity index (χ3n) is 5.67. The van der Waals surface area contributed by atoms with Gasteiger partial charge in [-0.05, 0) is 47.0 Å². The van der Waals surface area contributed by atoms with Crippen molar-refractivity contribution in [2.45, 2.75) is 37.3 Å². The molecule has 3 unspecified atom stereocenters. The highest BCUT2D eigenvalue weighted by molar-refractivity contribution is 6.03. The SMILES string of the molecule is N#C/C(=C\c1ccc2cc(N3CCOC(C(F)(F)F)C3)ccc2c1)C(=O)CCC(O)C(O)CO. The average molecular weight is 478 g/mol. The predicted molar refractivity (Wildman–Crippen MR) is 119 cm³/mol. The lowest BCUT2D eigenvalue weighted by Crippen LogP contribution is -2.49. The lowest BCUT2D eigenvalue weighted by atomic mass is 10.00. The number of fused-ring (bicyclic) bond motifs is 1. The smallest absolute Gasteiger partial charge is 0.394 e. The van der Waals surface area contributed by atoms with Gasteiger partial charge in [-0.25, -0.2) is 0 Å². The van der Waals surface area contributed by atoms with Crippen molar-refractivity contribution in [3.8, 4) is 6.07 Å². The fourth-order valence-corrected chi connectivity index (χ4v) is 3.69. The minimum atomic E-state index is -4.43. The molecule has 34 heavy (non-hydrogen) atoms. The summed E-state index contributed by atoms with van der Waals surface area (Å²) in [5.74, 6) is -0.506. The number of halogens is 3. The third kappa shape index (κ3) is 6.33. The maximum absolute atomic E-state index is 13.0. The van der Waals surface area contributed by atoms with E-state index < -0.39 is 36.9 Å². The fourth-order valence-electron chi connectivity index (χ4n) is 3.69. The van der Waals surface area contributed by atoms with Crippen molar-refractivity contribution in [3.63, 3.8) is 0 Å². The van der Waals surface area contributed by atoms with E-state index in [2.05, 4.69) is 0 Å². The van der Waals surface area contributed by atoms with Gasteiger partial charge in [0.15, 0.2) is 11.9 Å². The van der Waals surface area contributed by atoms with E-state index in [9.17, 15) is 33.4 Å². The normalized spacial score (nSPS) is 19.0. The number of Topliss-reactive ketones (excluding diaryl/α,β-unsaturated/α-hetero) is 1. The van der Waals surface area contributed by atoms with Crippen molar-refractivity contribution in [2.75, 3.05) is 31.2 Å². The Morgan fingerprint density at radius 2 is 1.91 bits per heavy atom. The number of ketones is 1. The van der Waals surface area contributed by atoms with Crippen molar-refractivity contribution in [2.24, 2.45) is 0 Å². The number of hydrogen-bond donors (Lipinski definition) is 3. The first-order chi connectivity index (χ1) is 16.1. The Bertz CT molecular complexity index is 1100. The van der Waals surface area contributed by atoms with E-state index in [1.807, 2.05) is 6.07 Å². The van der Waals surface area contributed by atoms with E-state index in [4.69, 9.17) is 9.84 Å². The average Bonchev–Trinajstić information content (AvgIpc) is 2.84. The number of nitriles is 1. The highest BCUT2D eigenvalue weighted by atomic mass is 19.4. The Kier molecular flexibility index (Phi) is 8.28. The van der Waals surface area contributed by atoms with Gasteiger partial charge in [0.1, 0.15) is 12.2 Å². The van der Waals surface area contributed by atoms with Crippen molar-refractivity contribution < 1.29 is 38.0 Å². The molecule has 0 amide bonds. The van der Waals surface area contributed by atoms with E-state index in [-0.39, 0.29) is 31.6 Å². The molecule has 182 valence electrons. The zero-order valence-electron chi connectivity index (χ0n) is 18.2. The first-order valence-electron chi connectivity index (χ1n) is 10.7. The molecule has 10 heteroatoms. The van der Waals surface area contributed by atoms with Crippen LogP contribution in [-0.2, 0) is 9.53 Å². The summed E-state index contributed by atoms with van der Waals surface area (Å²) in [6, 6.07) is 12.3. The number of rotatable bonds is 8. The summed E-state index contributed by atoms with van der Waals surface area (Å²) in [6.45, 7) is -0.597. The molecular formula is C24H25F3N2O5. The van der Waals surface area contributed by atoms with Gasteiger partial charge in [-0.2, -0.15) is 18.4 Å². The first-order valence-corrected chi connectivity index (χ1v) is 10.7. The molecule has 7 nitrogen and oxygen atoms in total. The molecule has 0 aliphatic carbocycles. The molecule has 1 heterocycles. The van der Waals surface area contributed by atoms with Crippen LogP contribution in [0.5, 0.6) is 0 Å². The number of carbonyl (C=O) groups excluding carboxylic acids is 1. The number of morpholine rings is 1. The summed E-state index contributed by atoms with van der Waals surface area (Å²) in [4.78, 5) is 14.0. The van der Waals surface area contributed by atoms with Gasteiger partial charge in [0.2, 0.25) is 0 Å². The van der Waals surface area contributed by atoms with Gasteiger partial charge in [-0.1, -0.05) is 18.2 Å². The number of nitrogens with zero attached hydrogens (tertiary/aromatic N) is 2. The third-order valence-corrected chi connectivity index (χ3v) is 5.67. The van der Waals surface area contributed by atoms with Crippen LogP contribution in [0, 0.1) is 11.3 Å². The van der Waals surface area contributed by atoms with E-state index in [0.29, 0.717) is 17.8 Å². The molecule has 3 atom stereocenters. The van der Waals surface area contributed by atoms with Crippen molar-refractivity contribution >= 4 is 28.3 Å². The van der Waals surface area contributed by atoms with Gasteiger partial charge in [0.25, 0.3) is 0 Å². The topological polar surface area (TPSA) is 114 Å². The van der Waals surface area contributed by atoms with Crippen LogP contribution in [0.25, 0.3) is 16.8 Å². The molecule has 2 aromatic rings. The first kappa shape index (κ1) is 25.6. The van der Waals surface area contributed by atoms with E-state index >= 15 is 0 Å². The number of ether oxygens (including phenoxy) is 1. The van der Waals surface area contributed by atoms with Gasteiger partial charge in [-0.3, -0.25) is 4.79 Å². The van der Waals surface area contributed by atoms with Gasteiger partial charge >= 0.3 is 6.18 Å². The minimum absolute atomic E-state index is 0.0209. The quantitative estimate of drug-likeness (QED) is 0.395. The van der Waals surface area contributed by atoms with E-state index in [1.54, 1.807) is 41.3 Å². The number of aliphatic hydroxyl groups excluding tert-OH is 3. The van der Waals surface area contributed by atoms with Crippen LogP contribution in [0.15, 0.2) is 42.0 Å². The molecule has 1 saturated heterocycles. The molecule has 0 radical (unpaired) electrons. The number of allylic oxidation sites excluding steroid dienone is 1. The number of benzene rings is 2. The summed E-state index contributed by atoms with van der Waals surface area (Å²) in [5, 5.41) is 38.8. The van der Waals surface area contributed by atoms with Crippen molar-refractivity contribution in [1.29, 1.82) is 5.26 Å². The zero-order chi connectivity index (χ0) is 24.9. The molecule has 2 aromatic carbocycles. The standard InChI is InChI=1S/C24H25F3N2O5/c25-24(26,27)23-13-29(7-8-34-23)19-4-3-16-9-15(1-2-17(16)11-19)10-18(12-28)20(31)5-6-21(32)22(33)14-30/h1-4,9-11,21-23,30,32-33H,5-8,13-14H2/b18-10+. The summed E-state index contributed by atoms with van der Waals surface area (Å²) in [6.07, 6.45) is -7.75. The van der Waals surface area contributed by atoms with Gasteiger partial charge in [0, 0.05) is 18.7 Å². The Balaban J connectivity index is 1.74. The van der Waals surface area contributed by atoms with Crippen LogP contribution in [0.1, 0.15) is 18.4 Å². The van der Waals surface area contributed by atoms with Gasteiger partial charge < -0.3 is 25.0 Å². The summed E-state index contributed by atoms with van der Waals surface area (Å²) in [7, 11) is 0. The summed E-state index contributed by atoms with van der Waals surface area (Å²) in [5.41, 5.74) is 1.11. The van der Waals surface area contributed by atoms with Crippen LogP contribution in [0.4, 0.5) is 18.9 Å². The fraction of sp³-hybridized carbons (Fsp3) is 0.417. The van der Waals surface area contributed by atoms with Gasteiger partial charge in [0.05, 0.1) is 31.4 Å². The van der Waals surface area contributed by atoms with Crippen LogP contribution in [0.2, 0.25) is 0 Å². The number of aliphatic hydroxyl groups is 3. The highest BCUT2D eigenvalue weighted by Gasteiger charge is 2.43. The highest BCUT2D eigenvalue weighted by Crippen LogP contribution is 2.30. The van der Waals surface area contributed by atoms with Crippen molar-refractivity contribution in [1.82, 2.24) is 0 Å². The molecule has 3 N–H and O–H groups in total. The molecular weight excluding hydrogens is 453 g/mol. The maximum atomic E-state index is 13.0. The monoisotopic (exact) mass is 478 g/mol. The summed E-state index contributed by atoms with van der Waals surface area (Å²) < 4.78 is 43.9. The Hall–Kier alpha value is -2.97. The molecule has 0 bridgehead atoms. The molecule has 3 rings (SSSR count). The maximum Gasteiger partial charge on any atom is 0.416 e. The van der Waals surface area contributed by atoms with Gasteiger partial charge in [-0.15, -0.1) is 0 Å². The minimum Gasteiger partial charge on any atom is -0.394 e. The largest absolute Gasteiger partial charge is 0.416 e. The number of hydrogen-bond acceptors (Lipinski definition) is 7. The van der Waals surface area contributed by atoms with Crippen LogP contribution >= 0.6 is 0 Å². The molecule has 0 spiro atoms. The number of anilines is 1. The second-order valence-electron chi connectivity index (χ2n) is 8.09. The van der Waals surface area contributed by atoms with Crippen LogP contribution in [0.3, 0.4) is 0 Å². The summed E-state index contributed by atoms with van der Waals surface area (Å²) >= 11 is 0. The Morgan fingerprint density at radius 1 is 1.21 bits per heavy atom. The molecule has 0 saturated carbocycles. The van der Waals surface area contributed by atoms with E-state index in [0.717, 1.165) is 10.8 Å². The number of carbonyl (C=O) groups is 1. The second kappa shape index (κ2) is 11.0. The Labute approximate surface area is 194 Å². The molecule has 1 aliphatic rings. The van der Waals surface area contributed by atoms with Crippen molar-refractivity contribution in [3.05, 3.63) is 47.5 Å². The second-order valence-corrected chi connectivity index (χ2v) is 8.09. The Morgan fingerprint density at radius 3 is 2.59 bits per heavy atom. The molecule has 0 aromatic heterocycles. The molecule has 1 aliphatic heterocycles. The zero-order valence-corrected chi connectivity index (χ0v) is 18.2. The predicted octanol–water partition coefficient (Wildman–Crippen LogP) is 2.58. The van der Waals surface area contributed by atoms with E-state index in [1.165, 1.54) is 6.08 Å². The lowest BCUT2D eigenvalue weighted by molar-refractivity contribution is -0.221.